The van der Waals surface area contributed by atoms with Crippen LogP contribution in [0.25, 0.3) is 0 Å². The van der Waals surface area contributed by atoms with E-state index < -0.39 is 0 Å². The maximum atomic E-state index is 12.1. The highest BCUT2D eigenvalue weighted by Crippen LogP contribution is 2.32. The molecule has 9 heteroatoms. The number of halogens is 2. The van der Waals surface area contributed by atoms with Crippen LogP contribution in [0, 0.1) is 6.92 Å². The highest BCUT2D eigenvalue weighted by Gasteiger charge is 2.11. The van der Waals surface area contributed by atoms with Crippen molar-refractivity contribution >= 4 is 66.9 Å². The van der Waals surface area contributed by atoms with E-state index in [1.54, 1.807) is 0 Å². The lowest BCUT2D eigenvalue weighted by molar-refractivity contribution is -0.113. The number of hydrogen-bond acceptors (Lipinski definition) is 6. The van der Waals surface area contributed by atoms with Crippen LogP contribution < -0.4 is 16.8 Å². The SMILES string of the molecule is Cc1cc(Br)c(NC(=O)CSc2nc(N)cc(N)n2)c(Br)c1. The minimum Gasteiger partial charge on any atom is -0.383 e. The Balaban J connectivity index is 2.02. The molecule has 0 unspecified atom stereocenters. The van der Waals surface area contributed by atoms with Crippen molar-refractivity contribution in [1.29, 1.82) is 0 Å². The number of rotatable bonds is 4. The molecular weight excluding hydrogens is 434 g/mol. The van der Waals surface area contributed by atoms with Crippen molar-refractivity contribution in [3.8, 4) is 0 Å². The molecule has 1 aromatic heterocycles. The second kappa shape index (κ2) is 7.30. The standard InChI is InChI=1S/C13H13Br2N5OS/c1-6-2-7(14)12(8(15)3-6)20-11(21)5-22-13-18-9(16)4-10(17)19-13/h2-4H,5H2,1H3,(H,20,21)(H4,16,17,18,19). The third-order valence-corrected chi connectivity index (χ3v) is 4.63. The summed E-state index contributed by atoms with van der Waals surface area (Å²) >= 11 is 8.03. The molecule has 1 heterocycles. The average molecular weight is 447 g/mol. The number of aryl methyl sites for hydroxylation is 1. The quantitative estimate of drug-likeness (QED) is 0.491. The van der Waals surface area contributed by atoms with Gasteiger partial charge in [-0.2, -0.15) is 0 Å². The van der Waals surface area contributed by atoms with E-state index in [0.29, 0.717) is 10.8 Å². The number of hydrogen-bond donors (Lipinski definition) is 3. The van der Waals surface area contributed by atoms with Gasteiger partial charge in [0, 0.05) is 15.0 Å². The van der Waals surface area contributed by atoms with Crippen LogP contribution >= 0.6 is 43.6 Å². The summed E-state index contributed by atoms with van der Waals surface area (Å²) in [6, 6.07) is 5.31. The van der Waals surface area contributed by atoms with E-state index in [-0.39, 0.29) is 23.3 Å². The molecule has 0 aliphatic rings. The maximum Gasteiger partial charge on any atom is 0.234 e. The lowest BCUT2D eigenvalue weighted by atomic mass is 10.2. The van der Waals surface area contributed by atoms with Gasteiger partial charge < -0.3 is 16.8 Å². The number of nitrogen functional groups attached to an aromatic ring is 2. The fourth-order valence-electron chi connectivity index (χ4n) is 1.65. The van der Waals surface area contributed by atoms with Crippen molar-refractivity contribution in [3.63, 3.8) is 0 Å². The molecular formula is C13H13Br2N5OS. The minimum absolute atomic E-state index is 0.148. The number of nitrogens with one attached hydrogen (secondary N) is 1. The van der Waals surface area contributed by atoms with Gasteiger partial charge in [0.25, 0.3) is 0 Å². The Bertz CT molecular complexity index is 682. The van der Waals surface area contributed by atoms with Crippen LogP contribution in [-0.2, 0) is 4.79 Å². The first-order valence-corrected chi connectivity index (χ1v) is 8.70. The van der Waals surface area contributed by atoms with Gasteiger partial charge in [0.15, 0.2) is 5.16 Å². The Labute approximate surface area is 148 Å². The van der Waals surface area contributed by atoms with Gasteiger partial charge >= 0.3 is 0 Å². The zero-order valence-corrected chi connectivity index (χ0v) is 15.5. The molecule has 0 atom stereocenters. The van der Waals surface area contributed by atoms with E-state index >= 15 is 0 Å². The van der Waals surface area contributed by atoms with Gasteiger partial charge in [-0.15, -0.1) is 0 Å². The zero-order valence-electron chi connectivity index (χ0n) is 11.6. The third kappa shape index (κ3) is 4.59. The average Bonchev–Trinajstić information content (AvgIpc) is 2.39. The molecule has 2 rings (SSSR count). The Morgan fingerprint density at radius 1 is 1.18 bits per heavy atom. The summed E-state index contributed by atoms with van der Waals surface area (Å²) in [5.41, 5.74) is 12.9. The predicted octanol–water partition coefficient (Wildman–Crippen LogP) is 3.21. The fourth-order valence-corrected chi connectivity index (χ4v) is 3.94. The first kappa shape index (κ1) is 17.0. The van der Waals surface area contributed by atoms with Crippen LogP contribution in [-0.4, -0.2) is 21.6 Å². The lowest BCUT2D eigenvalue weighted by Gasteiger charge is -2.10. The van der Waals surface area contributed by atoms with E-state index in [2.05, 4.69) is 47.1 Å². The molecule has 0 radical (unpaired) electrons. The summed E-state index contributed by atoms with van der Waals surface area (Å²) in [7, 11) is 0. The number of nitrogens with zero attached hydrogens (tertiary/aromatic N) is 2. The van der Waals surface area contributed by atoms with E-state index in [4.69, 9.17) is 11.5 Å². The molecule has 0 fully saturated rings. The van der Waals surface area contributed by atoms with Gasteiger partial charge in [0.1, 0.15) is 11.6 Å². The maximum absolute atomic E-state index is 12.1. The molecule has 5 N–H and O–H groups in total. The van der Waals surface area contributed by atoms with Crippen LogP contribution in [0.5, 0.6) is 0 Å². The smallest absolute Gasteiger partial charge is 0.234 e. The molecule has 116 valence electrons. The molecule has 1 aromatic carbocycles. The lowest BCUT2D eigenvalue weighted by Crippen LogP contribution is -2.15. The number of carbonyl (C=O) groups excluding carboxylic acids is 1. The molecule has 2 aromatic rings. The van der Waals surface area contributed by atoms with Crippen LogP contribution in [0.3, 0.4) is 0 Å². The number of anilines is 3. The number of aromatic nitrogens is 2. The Hall–Kier alpha value is -1.32. The molecule has 0 aliphatic carbocycles. The van der Waals surface area contributed by atoms with Crippen LogP contribution in [0.1, 0.15) is 5.56 Å². The van der Waals surface area contributed by atoms with Crippen molar-refractivity contribution in [1.82, 2.24) is 9.97 Å². The topological polar surface area (TPSA) is 107 Å². The number of benzene rings is 1. The Kier molecular flexibility index (Phi) is 5.65. The van der Waals surface area contributed by atoms with Crippen molar-refractivity contribution < 1.29 is 4.79 Å². The van der Waals surface area contributed by atoms with E-state index in [1.807, 2.05) is 19.1 Å². The van der Waals surface area contributed by atoms with Gasteiger partial charge in [0.05, 0.1) is 11.4 Å². The van der Waals surface area contributed by atoms with Crippen LogP contribution in [0.2, 0.25) is 0 Å². The largest absolute Gasteiger partial charge is 0.383 e. The van der Waals surface area contributed by atoms with E-state index in [1.165, 1.54) is 17.8 Å². The van der Waals surface area contributed by atoms with Gasteiger partial charge in [-0.25, -0.2) is 9.97 Å². The van der Waals surface area contributed by atoms with Crippen molar-refractivity contribution in [2.24, 2.45) is 0 Å². The molecule has 22 heavy (non-hydrogen) atoms. The van der Waals surface area contributed by atoms with E-state index in [9.17, 15) is 4.79 Å². The van der Waals surface area contributed by atoms with Crippen LogP contribution in [0.4, 0.5) is 17.3 Å². The minimum atomic E-state index is -0.181. The second-order valence-electron chi connectivity index (χ2n) is 4.44. The molecule has 0 aliphatic heterocycles. The zero-order chi connectivity index (χ0) is 16.3. The Morgan fingerprint density at radius 3 is 2.27 bits per heavy atom. The molecule has 0 saturated heterocycles. The van der Waals surface area contributed by atoms with Gasteiger partial charge in [-0.3, -0.25) is 4.79 Å². The monoisotopic (exact) mass is 445 g/mol. The summed E-state index contributed by atoms with van der Waals surface area (Å²) in [6.45, 7) is 1.97. The fraction of sp³-hybridized carbons (Fsp3) is 0.154. The molecule has 1 amide bonds. The van der Waals surface area contributed by atoms with Gasteiger partial charge in [-0.1, -0.05) is 11.8 Å². The molecule has 0 spiro atoms. The second-order valence-corrected chi connectivity index (χ2v) is 7.09. The molecule has 0 bridgehead atoms. The molecule has 6 nitrogen and oxygen atoms in total. The Morgan fingerprint density at radius 2 is 1.73 bits per heavy atom. The number of amides is 1. The number of carbonyl (C=O) groups is 1. The van der Waals surface area contributed by atoms with Crippen LogP contribution in [0.15, 0.2) is 32.3 Å². The third-order valence-electron chi connectivity index (χ3n) is 2.53. The van der Waals surface area contributed by atoms with E-state index in [0.717, 1.165) is 14.5 Å². The highest BCUT2D eigenvalue weighted by molar-refractivity contribution is 9.11. The van der Waals surface area contributed by atoms with Gasteiger partial charge in [-0.05, 0) is 56.5 Å². The normalized spacial score (nSPS) is 10.5. The molecule has 0 saturated carbocycles. The summed E-state index contributed by atoms with van der Waals surface area (Å²) in [5.74, 6) is 0.522. The summed E-state index contributed by atoms with van der Waals surface area (Å²) < 4.78 is 1.62. The first-order chi connectivity index (χ1) is 10.3. The summed E-state index contributed by atoms with van der Waals surface area (Å²) in [5, 5.41) is 3.20. The summed E-state index contributed by atoms with van der Waals surface area (Å²) in [6.07, 6.45) is 0. The van der Waals surface area contributed by atoms with Crippen molar-refractivity contribution in [2.45, 2.75) is 12.1 Å². The first-order valence-electron chi connectivity index (χ1n) is 6.13. The number of nitrogens with two attached hydrogens (primary N) is 2. The van der Waals surface area contributed by atoms with Gasteiger partial charge in [0.2, 0.25) is 5.91 Å². The van der Waals surface area contributed by atoms with Crippen molar-refractivity contribution in [3.05, 3.63) is 32.7 Å². The summed E-state index contributed by atoms with van der Waals surface area (Å²) in [4.78, 5) is 20.1. The highest BCUT2D eigenvalue weighted by atomic mass is 79.9. The predicted molar refractivity (Wildman–Crippen MR) is 96.8 cm³/mol. The number of thioether (sulfide) groups is 1. The van der Waals surface area contributed by atoms with Crippen molar-refractivity contribution in [2.75, 3.05) is 22.5 Å².